The van der Waals surface area contributed by atoms with Gasteiger partial charge in [0, 0.05) is 33.2 Å². The van der Waals surface area contributed by atoms with Crippen LogP contribution in [0.25, 0.3) is 0 Å². The summed E-state index contributed by atoms with van der Waals surface area (Å²) in [4.78, 5) is -0.0112. The second-order valence-electron chi connectivity index (χ2n) is 5.75. The van der Waals surface area contributed by atoms with Crippen LogP contribution in [0, 0.1) is 0 Å². The molecule has 1 aromatic carbocycles. The molecule has 1 aliphatic heterocycles. The van der Waals surface area contributed by atoms with E-state index in [0.717, 1.165) is 17.1 Å². The highest BCUT2D eigenvalue weighted by Gasteiger charge is 2.30. The Labute approximate surface area is 138 Å². The van der Waals surface area contributed by atoms with E-state index < -0.39 is 20.0 Å². The molecule has 1 aliphatic rings. The van der Waals surface area contributed by atoms with E-state index in [1.807, 2.05) is 7.05 Å². The maximum absolute atomic E-state index is 12.8. The predicted molar refractivity (Wildman–Crippen MR) is 88.2 cm³/mol. The van der Waals surface area contributed by atoms with Crippen molar-refractivity contribution in [2.45, 2.75) is 28.7 Å². The second kappa shape index (κ2) is 6.86. The standard InChI is InChI=1S/C14H23N3O4S2/c1-15-12-6-5-9-17(11-12)23(20,21)14-8-4-7-13(10-14)22(18,19)16(2)3/h4,7-8,10,12,15H,5-6,9,11H2,1-3H3. The number of nitrogens with zero attached hydrogens (tertiary/aromatic N) is 2. The van der Waals surface area contributed by atoms with Gasteiger partial charge in [0.1, 0.15) is 0 Å². The number of likely N-dealkylation sites (N-methyl/N-ethyl adjacent to an activating group) is 1. The second-order valence-corrected chi connectivity index (χ2v) is 9.84. The van der Waals surface area contributed by atoms with Gasteiger partial charge in [0.15, 0.2) is 0 Å². The highest BCUT2D eigenvalue weighted by atomic mass is 32.2. The lowest BCUT2D eigenvalue weighted by Gasteiger charge is -2.31. The molecule has 0 aromatic heterocycles. The molecule has 0 bridgehead atoms. The molecule has 0 spiro atoms. The Hall–Kier alpha value is -1.00. The Morgan fingerprint density at radius 2 is 1.83 bits per heavy atom. The average Bonchev–Trinajstić information content (AvgIpc) is 2.54. The quantitative estimate of drug-likeness (QED) is 0.816. The van der Waals surface area contributed by atoms with E-state index in [1.54, 1.807) is 0 Å². The largest absolute Gasteiger partial charge is 0.316 e. The maximum Gasteiger partial charge on any atom is 0.243 e. The van der Waals surface area contributed by atoms with Crippen LogP contribution in [-0.4, -0.2) is 65.7 Å². The predicted octanol–water partition coefficient (Wildman–Crippen LogP) is 0.309. The van der Waals surface area contributed by atoms with E-state index >= 15 is 0 Å². The lowest BCUT2D eigenvalue weighted by Crippen LogP contribution is -2.46. The zero-order valence-corrected chi connectivity index (χ0v) is 15.2. The molecule has 0 radical (unpaired) electrons. The van der Waals surface area contributed by atoms with Gasteiger partial charge in [-0.1, -0.05) is 6.07 Å². The fourth-order valence-electron chi connectivity index (χ4n) is 2.55. The van der Waals surface area contributed by atoms with Crippen LogP contribution in [0.5, 0.6) is 0 Å². The van der Waals surface area contributed by atoms with Gasteiger partial charge >= 0.3 is 0 Å². The number of rotatable bonds is 5. The van der Waals surface area contributed by atoms with E-state index in [-0.39, 0.29) is 15.8 Å². The third-order valence-corrected chi connectivity index (χ3v) is 7.69. The summed E-state index contributed by atoms with van der Waals surface area (Å²) in [7, 11) is -2.73. The van der Waals surface area contributed by atoms with Crippen molar-refractivity contribution >= 4 is 20.0 Å². The molecule has 0 saturated carbocycles. The molecule has 1 aromatic rings. The highest BCUT2D eigenvalue weighted by Crippen LogP contribution is 2.23. The maximum atomic E-state index is 12.8. The van der Waals surface area contributed by atoms with Gasteiger partial charge in [-0.2, -0.15) is 4.31 Å². The minimum atomic E-state index is -3.70. The van der Waals surface area contributed by atoms with E-state index in [2.05, 4.69) is 5.32 Å². The van der Waals surface area contributed by atoms with Gasteiger partial charge in [-0.3, -0.25) is 0 Å². The fraction of sp³-hybridized carbons (Fsp3) is 0.571. The van der Waals surface area contributed by atoms with Crippen molar-refractivity contribution in [2.75, 3.05) is 34.2 Å². The van der Waals surface area contributed by atoms with Crippen molar-refractivity contribution in [1.82, 2.24) is 13.9 Å². The van der Waals surface area contributed by atoms with Crippen molar-refractivity contribution in [3.63, 3.8) is 0 Å². The summed E-state index contributed by atoms with van der Waals surface area (Å²) in [6.45, 7) is 0.842. The van der Waals surface area contributed by atoms with Gasteiger partial charge in [0.2, 0.25) is 20.0 Å². The lowest BCUT2D eigenvalue weighted by molar-refractivity contribution is 0.293. The van der Waals surface area contributed by atoms with Crippen LogP contribution < -0.4 is 5.32 Å². The summed E-state index contributed by atoms with van der Waals surface area (Å²) in [6, 6.07) is 5.65. The van der Waals surface area contributed by atoms with Crippen LogP contribution in [0.4, 0.5) is 0 Å². The van der Waals surface area contributed by atoms with Crippen LogP contribution in [0.15, 0.2) is 34.1 Å². The van der Waals surface area contributed by atoms with E-state index in [1.165, 1.54) is 42.7 Å². The molecule has 7 nitrogen and oxygen atoms in total. The first-order valence-corrected chi connectivity index (χ1v) is 10.3. The molecule has 1 heterocycles. The van der Waals surface area contributed by atoms with Crippen molar-refractivity contribution < 1.29 is 16.8 Å². The van der Waals surface area contributed by atoms with Gasteiger partial charge in [-0.15, -0.1) is 0 Å². The minimum Gasteiger partial charge on any atom is -0.316 e. The molecule has 23 heavy (non-hydrogen) atoms. The van der Waals surface area contributed by atoms with E-state index in [0.29, 0.717) is 13.1 Å². The molecular formula is C14H23N3O4S2. The summed E-state index contributed by atoms with van der Waals surface area (Å²) in [6.07, 6.45) is 1.71. The fourth-order valence-corrected chi connectivity index (χ4v) is 5.14. The highest BCUT2D eigenvalue weighted by molar-refractivity contribution is 7.90. The number of hydrogen-bond donors (Lipinski definition) is 1. The Balaban J connectivity index is 2.38. The van der Waals surface area contributed by atoms with Crippen molar-refractivity contribution in [3.8, 4) is 0 Å². The molecule has 130 valence electrons. The topological polar surface area (TPSA) is 86.8 Å². The number of hydrogen-bond acceptors (Lipinski definition) is 5. The summed E-state index contributed by atoms with van der Waals surface area (Å²) in [5.74, 6) is 0. The van der Waals surface area contributed by atoms with Gasteiger partial charge in [-0.25, -0.2) is 21.1 Å². The molecule has 9 heteroatoms. The van der Waals surface area contributed by atoms with E-state index in [9.17, 15) is 16.8 Å². The average molecular weight is 361 g/mol. The molecule has 2 rings (SSSR count). The van der Waals surface area contributed by atoms with Crippen LogP contribution in [-0.2, 0) is 20.0 Å². The number of nitrogens with one attached hydrogen (secondary N) is 1. The van der Waals surface area contributed by atoms with Crippen LogP contribution in [0.2, 0.25) is 0 Å². The number of piperidine rings is 1. The zero-order chi connectivity index (χ0) is 17.3. The van der Waals surface area contributed by atoms with Gasteiger partial charge in [-0.05, 0) is 38.1 Å². The Bertz CT molecular complexity index is 760. The molecular weight excluding hydrogens is 338 g/mol. The SMILES string of the molecule is CNC1CCCN(S(=O)(=O)c2cccc(S(=O)(=O)N(C)C)c2)C1. The number of benzene rings is 1. The molecule has 1 N–H and O–H groups in total. The Morgan fingerprint density at radius 1 is 1.17 bits per heavy atom. The first-order valence-electron chi connectivity index (χ1n) is 7.39. The third kappa shape index (κ3) is 3.74. The summed E-state index contributed by atoms with van der Waals surface area (Å²) < 4.78 is 52.4. The molecule has 0 amide bonds. The summed E-state index contributed by atoms with van der Waals surface area (Å²) in [5, 5.41) is 3.10. The van der Waals surface area contributed by atoms with Crippen LogP contribution in [0.1, 0.15) is 12.8 Å². The van der Waals surface area contributed by atoms with Crippen LogP contribution >= 0.6 is 0 Å². The van der Waals surface area contributed by atoms with Gasteiger partial charge < -0.3 is 5.32 Å². The zero-order valence-electron chi connectivity index (χ0n) is 13.6. The first kappa shape index (κ1) is 18.3. The molecule has 0 aliphatic carbocycles. The van der Waals surface area contributed by atoms with Crippen molar-refractivity contribution in [3.05, 3.63) is 24.3 Å². The molecule has 1 unspecified atom stereocenters. The smallest absolute Gasteiger partial charge is 0.243 e. The Morgan fingerprint density at radius 3 is 2.43 bits per heavy atom. The third-order valence-electron chi connectivity index (χ3n) is 4.01. The lowest BCUT2D eigenvalue weighted by atomic mass is 10.1. The first-order chi connectivity index (χ1) is 10.7. The summed E-state index contributed by atoms with van der Waals surface area (Å²) >= 11 is 0. The van der Waals surface area contributed by atoms with Gasteiger partial charge in [0.25, 0.3) is 0 Å². The monoisotopic (exact) mass is 361 g/mol. The normalized spacial score (nSPS) is 20.8. The molecule has 1 fully saturated rings. The van der Waals surface area contributed by atoms with Crippen molar-refractivity contribution in [1.29, 1.82) is 0 Å². The van der Waals surface area contributed by atoms with Gasteiger partial charge in [0.05, 0.1) is 9.79 Å². The van der Waals surface area contributed by atoms with E-state index in [4.69, 9.17) is 0 Å². The molecule has 1 saturated heterocycles. The Kier molecular flexibility index (Phi) is 5.47. The van der Waals surface area contributed by atoms with Crippen molar-refractivity contribution in [2.24, 2.45) is 0 Å². The summed E-state index contributed by atoms with van der Waals surface area (Å²) in [5.41, 5.74) is 0. The number of sulfonamides is 2. The molecule has 1 atom stereocenters. The minimum absolute atomic E-state index is 0.0113. The van der Waals surface area contributed by atoms with Crippen LogP contribution in [0.3, 0.4) is 0 Å².